The number of esters is 1. The Kier molecular flexibility index (Phi) is 5.78. The lowest BCUT2D eigenvalue weighted by Gasteiger charge is -2.17. The summed E-state index contributed by atoms with van der Waals surface area (Å²) in [7, 11) is 1.31. The standard InChI is InChI=1S/C22H24N2O4/c1-14-4-7-16(8-5-14)12-24-13-18(11-20(24)25)21(26)23-19-10-17(22(27)28-3)9-6-15(19)2/h4-10,18H,11-13H2,1-3H3,(H,23,26)/t18-/m1/s1. The molecule has 2 amide bonds. The van der Waals surface area contributed by atoms with Crippen LogP contribution in [0.5, 0.6) is 0 Å². The van der Waals surface area contributed by atoms with Crippen molar-refractivity contribution in [3.63, 3.8) is 0 Å². The van der Waals surface area contributed by atoms with Crippen LogP contribution in [0.25, 0.3) is 0 Å². The molecule has 0 aliphatic carbocycles. The number of nitrogens with one attached hydrogen (secondary N) is 1. The first-order valence-electron chi connectivity index (χ1n) is 9.20. The van der Waals surface area contributed by atoms with Crippen molar-refractivity contribution in [2.75, 3.05) is 19.0 Å². The molecule has 146 valence electrons. The molecule has 2 aromatic rings. The molecule has 0 aromatic heterocycles. The highest BCUT2D eigenvalue weighted by molar-refractivity contribution is 5.99. The third kappa shape index (κ3) is 4.39. The first kappa shape index (κ1) is 19.6. The second-order valence-electron chi connectivity index (χ2n) is 7.17. The number of ether oxygens (including phenoxy) is 1. The number of hydrogen-bond donors (Lipinski definition) is 1. The van der Waals surface area contributed by atoms with E-state index in [9.17, 15) is 14.4 Å². The zero-order chi connectivity index (χ0) is 20.3. The fourth-order valence-electron chi connectivity index (χ4n) is 3.25. The summed E-state index contributed by atoms with van der Waals surface area (Å²) in [4.78, 5) is 38.5. The summed E-state index contributed by atoms with van der Waals surface area (Å²) < 4.78 is 4.72. The molecule has 28 heavy (non-hydrogen) atoms. The second-order valence-corrected chi connectivity index (χ2v) is 7.17. The predicted molar refractivity (Wildman–Crippen MR) is 106 cm³/mol. The lowest BCUT2D eigenvalue weighted by atomic mass is 10.1. The molecule has 1 heterocycles. The first-order chi connectivity index (χ1) is 13.4. The SMILES string of the molecule is COC(=O)c1ccc(C)c(NC(=O)[C@@H]2CC(=O)N(Cc3ccc(C)cc3)C2)c1. The van der Waals surface area contributed by atoms with Gasteiger partial charge in [-0.25, -0.2) is 4.79 Å². The molecule has 6 heteroatoms. The molecular formula is C22H24N2O4. The Labute approximate surface area is 164 Å². The van der Waals surface area contributed by atoms with E-state index in [4.69, 9.17) is 4.74 Å². The molecule has 1 atom stereocenters. The third-order valence-electron chi connectivity index (χ3n) is 5.00. The lowest BCUT2D eigenvalue weighted by Crippen LogP contribution is -2.28. The molecule has 1 aliphatic heterocycles. The summed E-state index contributed by atoms with van der Waals surface area (Å²) in [5, 5.41) is 2.86. The predicted octanol–water partition coefficient (Wildman–Crippen LogP) is 3.08. The van der Waals surface area contributed by atoms with E-state index in [1.807, 2.05) is 38.1 Å². The van der Waals surface area contributed by atoms with Crippen molar-refractivity contribution < 1.29 is 19.1 Å². The number of hydrogen-bond acceptors (Lipinski definition) is 4. The molecule has 1 fully saturated rings. The highest BCUT2D eigenvalue weighted by Gasteiger charge is 2.34. The Morgan fingerprint density at radius 2 is 1.86 bits per heavy atom. The summed E-state index contributed by atoms with van der Waals surface area (Å²) in [6.45, 7) is 4.75. The van der Waals surface area contributed by atoms with Crippen molar-refractivity contribution in [3.8, 4) is 0 Å². The number of likely N-dealkylation sites (tertiary alicyclic amines) is 1. The van der Waals surface area contributed by atoms with Crippen LogP contribution in [0, 0.1) is 19.8 Å². The van der Waals surface area contributed by atoms with Crippen molar-refractivity contribution in [2.45, 2.75) is 26.8 Å². The molecule has 0 radical (unpaired) electrons. The Bertz CT molecular complexity index is 905. The molecule has 0 spiro atoms. The van der Waals surface area contributed by atoms with Crippen LogP contribution in [-0.4, -0.2) is 36.3 Å². The minimum absolute atomic E-state index is 0.0271. The van der Waals surface area contributed by atoms with Gasteiger partial charge in [-0.05, 0) is 37.1 Å². The minimum Gasteiger partial charge on any atom is -0.465 e. The highest BCUT2D eigenvalue weighted by atomic mass is 16.5. The molecular weight excluding hydrogens is 356 g/mol. The normalized spacial score (nSPS) is 16.2. The van der Waals surface area contributed by atoms with Gasteiger partial charge in [-0.2, -0.15) is 0 Å². The zero-order valence-corrected chi connectivity index (χ0v) is 16.3. The molecule has 3 rings (SSSR count). The van der Waals surface area contributed by atoms with Crippen molar-refractivity contribution in [1.82, 2.24) is 4.90 Å². The fourth-order valence-corrected chi connectivity index (χ4v) is 3.25. The van der Waals surface area contributed by atoms with Gasteiger partial charge < -0.3 is 15.0 Å². The summed E-state index contributed by atoms with van der Waals surface area (Å²) in [6, 6.07) is 13.0. The van der Waals surface area contributed by atoms with Gasteiger partial charge in [0.1, 0.15) is 0 Å². The number of aryl methyl sites for hydroxylation is 2. The molecule has 6 nitrogen and oxygen atoms in total. The van der Waals surface area contributed by atoms with Crippen LogP contribution in [0.2, 0.25) is 0 Å². The summed E-state index contributed by atoms with van der Waals surface area (Å²) >= 11 is 0. The summed E-state index contributed by atoms with van der Waals surface area (Å²) in [5.74, 6) is -1.12. The van der Waals surface area contributed by atoms with Gasteiger partial charge in [0, 0.05) is 25.2 Å². The van der Waals surface area contributed by atoms with Crippen LogP contribution >= 0.6 is 0 Å². The van der Waals surface area contributed by atoms with Crippen molar-refractivity contribution in [1.29, 1.82) is 0 Å². The maximum atomic E-state index is 12.7. The van der Waals surface area contributed by atoms with Crippen LogP contribution in [0.4, 0.5) is 5.69 Å². The van der Waals surface area contributed by atoms with Crippen LogP contribution in [0.1, 0.15) is 33.5 Å². The molecule has 0 saturated carbocycles. The average Bonchev–Trinajstić information content (AvgIpc) is 3.05. The van der Waals surface area contributed by atoms with Gasteiger partial charge in [0.2, 0.25) is 11.8 Å². The minimum atomic E-state index is -0.462. The topological polar surface area (TPSA) is 75.7 Å². The summed E-state index contributed by atoms with van der Waals surface area (Å²) in [6.07, 6.45) is 0.188. The number of carbonyl (C=O) groups excluding carboxylic acids is 3. The molecule has 2 aromatic carbocycles. The monoisotopic (exact) mass is 380 g/mol. The van der Waals surface area contributed by atoms with Gasteiger partial charge in [-0.15, -0.1) is 0 Å². The molecule has 0 unspecified atom stereocenters. The average molecular weight is 380 g/mol. The number of anilines is 1. The van der Waals surface area contributed by atoms with Crippen LogP contribution in [0.3, 0.4) is 0 Å². The number of methoxy groups -OCH3 is 1. The quantitative estimate of drug-likeness (QED) is 0.809. The Balaban J connectivity index is 1.66. The van der Waals surface area contributed by atoms with Gasteiger partial charge in [0.05, 0.1) is 18.6 Å². The van der Waals surface area contributed by atoms with Crippen LogP contribution in [-0.2, 0) is 20.9 Å². The van der Waals surface area contributed by atoms with Gasteiger partial charge >= 0.3 is 5.97 Å². The van der Waals surface area contributed by atoms with Gasteiger partial charge in [0.25, 0.3) is 0 Å². The van der Waals surface area contributed by atoms with E-state index in [1.54, 1.807) is 23.1 Å². The molecule has 1 aliphatic rings. The van der Waals surface area contributed by atoms with E-state index in [0.717, 1.165) is 11.1 Å². The van der Waals surface area contributed by atoms with Crippen molar-refractivity contribution in [3.05, 3.63) is 64.7 Å². The van der Waals surface area contributed by atoms with Crippen molar-refractivity contribution >= 4 is 23.5 Å². The number of rotatable bonds is 5. The van der Waals surface area contributed by atoms with E-state index >= 15 is 0 Å². The Morgan fingerprint density at radius 3 is 2.54 bits per heavy atom. The number of carbonyl (C=O) groups is 3. The summed E-state index contributed by atoms with van der Waals surface area (Å²) in [5.41, 5.74) is 3.96. The molecule has 1 saturated heterocycles. The maximum Gasteiger partial charge on any atom is 0.337 e. The van der Waals surface area contributed by atoms with E-state index in [-0.39, 0.29) is 18.2 Å². The number of benzene rings is 2. The van der Waals surface area contributed by atoms with Crippen LogP contribution in [0.15, 0.2) is 42.5 Å². The smallest absolute Gasteiger partial charge is 0.337 e. The third-order valence-corrected chi connectivity index (χ3v) is 5.00. The number of amides is 2. The first-order valence-corrected chi connectivity index (χ1v) is 9.20. The fraction of sp³-hybridized carbons (Fsp3) is 0.318. The van der Waals surface area contributed by atoms with Gasteiger partial charge in [-0.1, -0.05) is 35.9 Å². The number of nitrogens with zero attached hydrogens (tertiary/aromatic N) is 1. The van der Waals surface area contributed by atoms with E-state index in [0.29, 0.717) is 24.3 Å². The Morgan fingerprint density at radius 1 is 1.14 bits per heavy atom. The largest absolute Gasteiger partial charge is 0.465 e. The molecule has 1 N–H and O–H groups in total. The lowest BCUT2D eigenvalue weighted by molar-refractivity contribution is -0.128. The van der Waals surface area contributed by atoms with Crippen LogP contribution < -0.4 is 5.32 Å². The van der Waals surface area contributed by atoms with E-state index in [2.05, 4.69) is 5.32 Å². The van der Waals surface area contributed by atoms with Gasteiger partial charge in [0.15, 0.2) is 0 Å². The second kappa shape index (κ2) is 8.25. The maximum absolute atomic E-state index is 12.7. The highest BCUT2D eigenvalue weighted by Crippen LogP contribution is 2.24. The Hall–Kier alpha value is -3.15. The zero-order valence-electron chi connectivity index (χ0n) is 16.3. The van der Waals surface area contributed by atoms with E-state index in [1.165, 1.54) is 12.7 Å². The van der Waals surface area contributed by atoms with Gasteiger partial charge in [-0.3, -0.25) is 9.59 Å². The van der Waals surface area contributed by atoms with Crippen molar-refractivity contribution in [2.24, 2.45) is 5.92 Å². The molecule has 0 bridgehead atoms. The van der Waals surface area contributed by atoms with E-state index < -0.39 is 11.9 Å².